The first kappa shape index (κ1) is 24.7. The van der Waals surface area contributed by atoms with E-state index >= 15 is 0 Å². The topological polar surface area (TPSA) is 125 Å². The van der Waals surface area contributed by atoms with Crippen molar-refractivity contribution in [2.45, 2.75) is 43.4 Å². The Balaban J connectivity index is 1.44. The van der Waals surface area contributed by atoms with Crippen molar-refractivity contribution >= 4 is 18.0 Å². The van der Waals surface area contributed by atoms with Crippen LogP contribution in [0.2, 0.25) is 0 Å². The Bertz CT molecular complexity index is 1040. The molecule has 1 aliphatic heterocycles. The summed E-state index contributed by atoms with van der Waals surface area (Å²) < 4.78 is 10.6. The highest BCUT2D eigenvalue weighted by atomic mass is 16.5. The molecule has 1 aliphatic carbocycles. The molecule has 0 radical (unpaired) electrons. The van der Waals surface area contributed by atoms with E-state index < -0.39 is 36.2 Å². The minimum Gasteiger partial charge on any atom is -0.480 e. The number of likely N-dealkylation sites (tertiary alicyclic amines) is 1. The second-order valence-electron chi connectivity index (χ2n) is 8.89. The van der Waals surface area contributed by atoms with Gasteiger partial charge in [0.15, 0.2) is 0 Å². The van der Waals surface area contributed by atoms with Crippen LogP contribution in [-0.4, -0.2) is 78.1 Å². The summed E-state index contributed by atoms with van der Waals surface area (Å²) in [6.07, 6.45) is -1.000. The number of carboxylic acid groups (broad SMARTS) is 1. The average Bonchev–Trinajstić information content (AvgIpc) is 3.40. The molecular formula is C26H30N2O7. The van der Waals surface area contributed by atoms with Crippen molar-refractivity contribution in [2.24, 2.45) is 0 Å². The van der Waals surface area contributed by atoms with E-state index in [1.807, 2.05) is 48.5 Å². The van der Waals surface area contributed by atoms with E-state index in [2.05, 4.69) is 5.32 Å². The molecule has 2 aromatic rings. The van der Waals surface area contributed by atoms with Crippen LogP contribution in [-0.2, 0) is 19.1 Å². The summed E-state index contributed by atoms with van der Waals surface area (Å²) in [5, 5.41) is 22.0. The first-order valence-electron chi connectivity index (χ1n) is 11.7. The Morgan fingerprint density at radius 1 is 1.09 bits per heavy atom. The van der Waals surface area contributed by atoms with Crippen LogP contribution in [0.25, 0.3) is 11.1 Å². The van der Waals surface area contributed by atoms with Gasteiger partial charge in [0.2, 0.25) is 5.91 Å². The lowest BCUT2D eigenvalue weighted by molar-refractivity contribution is -0.149. The van der Waals surface area contributed by atoms with Crippen LogP contribution < -0.4 is 5.32 Å². The van der Waals surface area contributed by atoms with Gasteiger partial charge >= 0.3 is 12.1 Å². The van der Waals surface area contributed by atoms with Gasteiger partial charge < -0.3 is 29.9 Å². The Morgan fingerprint density at radius 3 is 2.31 bits per heavy atom. The predicted octanol–water partition coefficient (Wildman–Crippen LogP) is 2.37. The van der Waals surface area contributed by atoms with Gasteiger partial charge in [-0.05, 0) is 35.1 Å². The third-order valence-electron chi connectivity index (χ3n) is 6.62. The highest BCUT2D eigenvalue weighted by Crippen LogP contribution is 2.44. The second kappa shape index (κ2) is 10.9. The molecule has 4 rings (SSSR count). The Labute approximate surface area is 203 Å². The number of aliphatic hydroxyl groups excluding tert-OH is 1. The third-order valence-corrected chi connectivity index (χ3v) is 6.62. The fraction of sp³-hybridized carbons (Fsp3) is 0.423. The SMILES string of the molecule is COCCCC(NC(=O)OCC1c2ccccc2-c2ccccc21)C(=O)N1C[C@@H](O)C[C@H]1C(=O)O. The number of carbonyl (C=O) groups is 3. The predicted molar refractivity (Wildman–Crippen MR) is 127 cm³/mol. The number of amides is 2. The monoisotopic (exact) mass is 482 g/mol. The lowest BCUT2D eigenvalue weighted by Gasteiger charge is -2.27. The summed E-state index contributed by atoms with van der Waals surface area (Å²) in [6.45, 7) is 0.378. The highest BCUT2D eigenvalue weighted by Gasteiger charge is 2.41. The number of β-amino-alcohol motifs (C(OH)–C–C–N with tert-alkyl or cyclic N) is 1. The van der Waals surface area contributed by atoms with Crippen LogP contribution in [0.1, 0.15) is 36.3 Å². The van der Waals surface area contributed by atoms with Crippen molar-refractivity contribution in [3.8, 4) is 11.1 Å². The largest absolute Gasteiger partial charge is 0.480 e. The number of methoxy groups -OCH3 is 1. The molecule has 9 nitrogen and oxygen atoms in total. The number of nitrogens with one attached hydrogen (secondary N) is 1. The lowest BCUT2D eigenvalue weighted by Crippen LogP contribution is -2.52. The molecule has 2 aromatic carbocycles. The maximum absolute atomic E-state index is 13.2. The molecule has 0 saturated carbocycles. The summed E-state index contributed by atoms with van der Waals surface area (Å²) in [5.41, 5.74) is 4.36. The summed E-state index contributed by atoms with van der Waals surface area (Å²) >= 11 is 0. The Morgan fingerprint density at radius 2 is 1.71 bits per heavy atom. The minimum absolute atomic E-state index is 0.0448. The van der Waals surface area contributed by atoms with Crippen molar-refractivity contribution in [3.63, 3.8) is 0 Å². The normalized spacial score (nSPS) is 19.7. The van der Waals surface area contributed by atoms with Crippen molar-refractivity contribution in [3.05, 3.63) is 59.7 Å². The van der Waals surface area contributed by atoms with Crippen LogP contribution in [0.4, 0.5) is 4.79 Å². The number of hydrogen-bond acceptors (Lipinski definition) is 6. The summed E-state index contributed by atoms with van der Waals surface area (Å²) in [5.74, 6) is -1.87. The van der Waals surface area contributed by atoms with E-state index in [1.165, 1.54) is 7.11 Å². The van der Waals surface area contributed by atoms with Gasteiger partial charge in [-0.25, -0.2) is 9.59 Å². The fourth-order valence-electron chi connectivity index (χ4n) is 4.96. The summed E-state index contributed by atoms with van der Waals surface area (Å²) in [6, 6.07) is 13.8. The zero-order valence-electron chi connectivity index (χ0n) is 19.6. The molecule has 2 aliphatic rings. The Kier molecular flexibility index (Phi) is 7.67. The summed E-state index contributed by atoms with van der Waals surface area (Å²) in [7, 11) is 1.53. The molecule has 0 bridgehead atoms. The molecule has 1 fully saturated rings. The van der Waals surface area contributed by atoms with Gasteiger partial charge in [0.25, 0.3) is 0 Å². The van der Waals surface area contributed by atoms with E-state index in [-0.39, 0.29) is 31.9 Å². The van der Waals surface area contributed by atoms with E-state index in [0.717, 1.165) is 27.2 Å². The Hall–Kier alpha value is -3.43. The van der Waals surface area contributed by atoms with E-state index in [4.69, 9.17) is 9.47 Å². The maximum Gasteiger partial charge on any atom is 0.407 e. The summed E-state index contributed by atoms with van der Waals surface area (Å²) in [4.78, 5) is 38.6. The quantitative estimate of drug-likeness (QED) is 0.469. The number of ether oxygens (including phenoxy) is 2. The zero-order chi connectivity index (χ0) is 24.9. The third kappa shape index (κ3) is 5.31. The van der Waals surface area contributed by atoms with Crippen molar-refractivity contribution < 1.29 is 34.1 Å². The molecule has 35 heavy (non-hydrogen) atoms. The average molecular weight is 483 g/mol. The molecule has 0 aromatic heterocycles. The van der Waals surface area contributed by atoms with Gasteiger partial charge in [-0.1, -0.05) is 48.5 Å². The molecular weight excluding hydrogens is 452 g/mol. The van der Waals surface area contributed by atoms with Crippen LogP contribution >= 0.6 is 0 Å². The number of hydrogen-bond donors (Lipinski definition) is 3. The maximum atomic E-state index is 13.2. The van der Waals surface area contributed by atoms with Gasteiger partial charge in [-0.2, -0.15) is 0 Å². The van der Waals surface area contributed by atoms with Gasteiger partial charge in [-0.15, -0.1) is 0 Å². The number of nitrogens with zero attached hydrogens (tertiary/aromatic N) is 1. The number of carboxylic acids is 1. The van der Waals surface area contributed by atoms with Crippen molar-refractivity contribution in [1.29, 1.82) is 0 Å². The van der Waals surface area contributed by atoms with Gasteiger partial charge in [0.1, 0.15) is 18.7 Å². The molecule has 9 heteroatoms. The number of carbonyl (C=O) groups excluding carboxylic acids is 2. The fourth-order valence-corrected chi connectivity index (χ4v) is 4.96. The molecule has 3 N–H and O–H groups in total. The zero-order valence-corrected chi connectivity index (χ0v) is 19.6. The molecule has 1 saturated heterocycles. The molecule has 1 heterocycles. The van der Waals surface area contributed by atoms with Gasteiger partial charge in [-0.3, -0.25) is 4.79 Å². The lowest BCUT2D eigenvalue weighted by atomic mass is 9.98. The van der Waals surface area contributed by atoms with Crippen LogP contribution in [0.15, 0.2) is 48.5 Å². The van der Waals surface area contributed by atoms with Crippen LogP contribution in [0.3, 0.4) is 0 Å². The van der Waals surface area contributed by atoms with Crippen molar-refractivity contribution in [2.75, 3.05) is 26.9 Å². The van der Waals surface area contributed by atoms with Crippen LogP contribution in [0.5, 0.6) is 0 Å². The molecule has 2 amide bonds. The molecule has 0 spiro atoms. The molecule has 3 atom stereocenters. The van der Waals surface area contributed by atoms with E-state index in [1.54, 1.807) is 0 Å². The molecule has 1 unspecified atom stereocenters. The number of benzene rings is 2. The van der Waals surface area contributed by atoms with Crippen LogP contribution in [0, 0.1) is 0 Å². The first-order valence-corrected chi connectivity index (χ1v) is 11.7. The minimum atomic E-state index is -1.19. The number of fused-ring (bicyclic) bond motifs is 3. The van der Waals surface area contributed by atoms with E-state index in [0.29, 0.717) is 13.0 Å². The number of rotatable bonds is 9. The van der Waals surface area contributed by atoms with Gasteiger partial charge in [0, 0.05) is 32.6 Å². The number of aliphatic hydroxyl groups is 1. The second-order valence-corrected chi connectivity index (χ2v) is 8.89. The highest BCUT2D eigenvalue weighted by molar-refractivity contribution is 5.90. The molecule has 186 valence electrons. The van der Waals surface area contributed by atoms with E-state index in [9.17, 15) is 24.6 Å². The first-order chi connectivity index (χ1) is 16.9. The smallest absolute Gasteiger partial charge is 0.407 e. The number of aliphatic carboxylic acids is 1. The van der Waals surface area contributed by atoms with Gasteiger partial charge in [0.05, 0.1) is 6.10 Å². The van der Waals surface area contributed by atoms with Crippen molar-refractivity contribution in [1.82, 2.24) is 10.2 Å². The number of alkyl carbamates (subject to hydrolysis) is 1. The standard InChI is InChI=1S/C26H30N2O7/c1-34-12-6-11-22(24(30)28-14-16(29)13-23(28)25(31)32)27-26(33)35-15-21-19-9-4-2-7-17(19)18-8-3-5-10-20(18)21/h2-5,7-10,16,21-23,29H,6,11-15H2,1H3,(H,27,33)(H,31,32)/t16-,22?,23-/m0/s1.